The van der Waals surface area contributed by atoms with Gasteiger partial charge in [0.1, 0.15) is 0 Å². The van der Waals surface area contributed by atoms with Crippen LogP contribution in [0.15, 0.2) is 22.7 Å². The number of rotatable bonds is 4. The summed E-state index contributed by atoms with van der Waals surface area (Å²) in [5.74, 6) is -0.0919. The van der Waals surface area contributed by atoms with Crippen molar-refractivity contribution < 1.29 is 4.79 Å². The van der Waals surface area contributed by atoms with Gasteiger partial charge in [-0.25, -0.2) is 0 Å². The molecule has 0 saturated heterocycles. The number of halogens is 1. The zero-order valence-corrected chi connectivity index (χ0v) is 12.1. The van der Waals surface area contributed by atoms with Gasteiger partial charge in [0.2, 0.25) is 0 Å². The molecule has 0 aliphatic carbocycles. The van der Waals surface area contributed by atoms with Crippen LogP contribution >= 0.6 is 15.9 Å². The van der Waals surface area contributed by atoms with Crippen LogP contribution in [0.4, 0.5) is 5.69 Å². The maximum absolute atomic E-state index is 12.0. The van der Waals surface area contributed by atoms with Crippen molar-refractivity contribution in [2.24, 2.45) is 5.41 Å². The largest absolute Gasteiger partial charge is 0.399 e. The minimum atomic E-state index is -0.0919. The highest BCUT2D eigenvalue weighted by molar-refractivity contribution is 9.10. The predicted molar refractivity (Wildman–Crippen MR) is 75.0 cm³/mol. The molecule has 1 aromatic rings. The summed E-state index contributed by atoms with van der Waals surface area (Å²) in [6.07, 6.45) is 1.02. The van der Waals surface area contributed by atoms with Gasteiger partial charge in [0, 0.05) is 16.7 Å². The fourth-order valence-electron chi connectivity index (χ4n) is 1.26. The van der Waals surface area contributed by atoms with Crippen LogP contribution in [0.2, 0.25) is 0 Å². The Kier molecular flexibility index (Phi) is 4.57. The first kappa shape index (κ1) is 14.0. The van der Waals surface area contributed by atoms with Crippen LogP contribution in [0, 0.1) is 5.41 Å². The summed E-state index contributed by atoms with van der Waals surface area (Å²) in [5, 5.41) is 2.93. The van der Waals surface area contributed by atoms with E-state index in [0.717, 1.165) is 10.9 Å². The van der Waals surface area contributed by atoms with Crippen molar-refractivity contribution in [2.75, 3.05) is 12.3 Å². The van der Waals surface area contributed by atoms with E-state index in [9.17, 15) is 4.79 Å². The minimum absolute atomic E-state index is 0.0919. The second-order valence-corrected chi connectivity index (χ2v) is 5.79. The van der Waals surface area contributed by atoms with E-state index in [1.165, 1.54) is 0 Å². The number of carbonyl (C=O) groups excluding carboxylic acids is 1. The summed E-state index contributed by atoms with van der Waals surface area (Å²) in [4.78, 5) is 12.0. The lowest BCUT2D eigenvalue weighted by Gasteiger charge is -2.23. The van der Waals surface area contributed by atoms with Gasteiger partial charge in [0.25, 0.3) is 5.91 Å². The molecule has 3 nitrogen and oxygen atoms in total. The van der Waals surface area contributed by atoms with Gasteiger partial charge in [0.15, 0.2) is 0 Å². The topological polar surface area (TPSA) is 55.1 Å². The number of hydrogen-bond donors (Lipinski definition) is 2. The summed E-state index contributed by atoms with van der Waals surface area (Å²) < 4.78 is 0.763. The molecule has 0 unspecified atom stereocenters. The van der Waals surface area contributed by atoms with Crippen molar-refractivity contribution in [3.05, 3.63) is 28.2 Å². The normalized spacial score (nSPS) is 11.3. The molecule has 17 heavy (non-hydrogen) atoms. The third-order valence-corrected chi connectivity index (χ3v) is 3.61. The predicted octanol–water partition coefficient (Wildman–Crippen LogP) is 3.20. The van der Waals surface area contributed by atoms with Gasteiger partial charge in [-0.3, -0.25) is 4.79 Å². The van der Waals surface area contributed by atoms with E-state index >= 15 is 0 Å². The molecule has 0 radical (unpaired) electrons. The van der Waals surface area contributed by atoms with Crippen molar-refractivity contribution in [1.82, 2.24) is 5.32 Å². The fourth-order valence-corrected chi connectivity index (χ4v) is 1.68. The molecule has 0 aliphatic heterocycles. The van der Waals surface area contributed by atoms with Crippen LogP contribution in [-0.2, 0) is 0 Å². The zero-order chi connectivity index (χ0) is 13.1. The van der Waals surface area contributed by atoms with Crippen LogP contribution in [0.5, 0.6) is 0 Å². The maximum atomic E-state index is 12.0. The summed E-state index contributed by atoms with van der Waals surface area (Å²) in [5.41, 5.74) is 6.96. The Morgan fingerprint density at radius 1 is 1.47 bits per heavy atom. The molecule has 4 heteroatoms. The minimum Gasteiger partial charge on any atom is -0.399 e. The molecule has 0 heterocycles. The van der Waals surface area contributed by atoms with E-state index < -0.39 is 0 Å². The van der Waals surface area contributed by atoms with Gasteiger partial charge >= 0.3 is 0 Å². The van der Waals surface area contributed by atoms with E-state index in [-0.39, 0.29) is 11.3 Å². The zero-order valence-electron chi connectivity index (χ0n) is 10.5. The van der Waals surface area contributed by atoms with E-state index in [4.69, 9.17) is 5.73 Å². The summed E-state index contributed by atoms with van der Waals surface area (Å²) in [6, 6.07) is 5.23. The molecule has 0 fully saturated rings. The highest BCUT2D eigenvalue weighted by atomic mass is 79.9. The Hall–Kier alpha value is -1.03. The number of carbonyl (C=O) groups is 1. The smallest absolute Gasteiger partial charge is 0.252 e. The first-order chi connectivity index (χ1) is 7.85. The monoisotopic (exact) mass is 298 g/mol. The molecule has 0 bridgehead atoms. The van der Waals surface area contributed by atoms with Crippen molar-refractivity contribution in [2.45, 2.75) is 27.2 Å². The van der Waals surface area contributed by atoms with Crippen LogP contribution in [0.25, 0.3) is 0 Å². The standard InChI is InChI=1S/C13H19BrN2O/c1-4-13(2,3)8-16-12(17)10-7-9(15)5-6-11(10)14/h5-7H,4,8,15H2,1-3H3,(H,16,17). The number of anilines is 1. The highest BCUT2D eigenvalue weighted by Gasteiger charge is 2.17. The average molecular weight is 299 g/mol. The molecular weight excluding hydrogens is 280 g/mol. The molecule has 0 atom stereocenters. The fraction of sp³-hybridized carbons (Fsp3) is 0.462. The second-order valence-electron chi connectivity index (χ2n) is 4.94. The van der Waals surface area contributed by atoms with Gasteiger partial charge in [-0.05, 0) is 46.0 Å². The molecule has 1 rings (SSSR count). The van der Waals surface area contributed by atoms with E-state index in [0.29, 0.717) is 17.8 Å². The molecular formula is C13H19BrN2O. The van der Waals surface area contributed by atoms with E-state index in [1.54, 1.807) is 18.2 Å². The quantitative estimate of drug-likeness (QED) is 0.839. The summed E-state index contributed by atoms with van der Waals surface area (Å²) in [7, 11) is 0. The van der Waals surface area contributed by atoms with Gasteiger partial charge < -0.3 is 11.1 Å². The number of nitrogens with one attached hydrogen (secondary N) is 1. The molecule has 1 aromatic carbocycles. The van der Waals surface area contributed by atoms with Gasteiger partial charge in [-0.1, -0.05) is 20.8 Å². The van der Waals surface area contributed by atoms with E-state index in [2.05, 4.69) is 42.0 Å². The number of nitrogen functional groups attached to an aromatic ring is 1. The third kappa shape index (κ3) is 4.04. The van der Waals surface area contributed by atoms with Gasteiger partial charge in [0.05, 0.1) is 5.56 Å². The lowest BCUT2D eigenvalue weighted by Crippen LogP contribution is -2.33. The molecule has 94 valence electrons. The number of amides is 1. The third-order valence-electron chi connectivity index (χ3n) is 2.92. The lowest BCUT2D eigenvalue weighted by atomic mass is 9.90. The van der Waals surface area contributed by atoms with Crippen molar-refractivity contribution in [3.8, 4) is 0 Å². The first-order valence-corrected chi connectivity index (χ1v) is 6.48. The van der Waals surface area contributed by atoms with Crippen LogP contribution in [0.3, 0.4) is 0 Å². The first-order valence-electron chi connectivity index (χ1n) is 5.69. The van der Waals surface area contributed by atoms with Crippen LogP contribution in [0.1, 0.15) is 37.6 Å². The van der Waals surface area contributed by atoms with Crippen molar-refractivity contribution in [3.63, 3.8) is 0 Å². The second kappa shape index (κ2) is 5.54. The van der Waals surface area contributed by atoms with Gasteiger partial charge in [-0.2, -0.15) is 0 Å². The summed E-state index contributed by atoms with van der Waals surface area (Å²) in [6.45, 7) is 7.02. The Labute approximate surface area is 111 Å². The van der Waals surface area contributed by atoms with Gasteiger partial charge in [-0.15, -0.1) is 0 Å². The van der Waals surface area contributed by atoms with Crippen LogP contribution < -0.4 is 11.1 Å². The van der Waals surface area contributed by atoms with E-state index in [1.807, 2.05) is 0 Å². The molecule has 0 aromatic heterocycles. The van der Waals surface area contributed by atoms with Crippen molar-refractivity contribution in [1.29, 1.82) is 0 Å². The average Bonchev–Trinajstić information content (AvgIpc) is 2.29. The Morgan fingerprint density at radius 2 is 2.12 bits per heavy atom. The maximum Gasteiger partial charge on any atom is 0.252 e. The lowest BCUT2D eigenvalue weighted by molar-refractivity contribution is 0.0935. The molecule has 0 spiro atoms. The molecule has 1 amide bonds. The number of nitrogens with two attached hydrogens (primary N) is 1. The number of hydrogen-bond acceptors (Lipinski definition) is 2. The number of benzene rings is 1. The SMILES string of the molecule is CCC(C)(C)CNC(=O)c1cc(N)ccc1Br. The molecule has 0 aliphatic rings. The summed E-state index contributed by atoms with van der Waals surface area (Å²) >= 11 is 3.35. The Balaban J connectivity index is 2.74. The molecule has 0 saturated carbocycles. The highest BCUT2D eigenvalue weighted by Crippen LogP contribution is 2.21. The van der Waals surface area contributed by atoms with Crippen molar-refractivity contribution >= 4 is 27.5 Å². The molecule has 3 N–H and O–H groups in total. The Bertz CT molecular complexity index is 416. The Morgan fingerprint density at radius 3 is 2.71 bits per heavy atom. The van der Waals surface area contributed by atoms with Crippen LogP contribution in [-0.4, -0.2) is 12.5 Å².